The third kappa shape index (κ3) is 5.03. The minimum Gasteiger partial charge on any atom is -0.496 e. The van der Waals surface area contributed by atoms with E-state index in [1.807, 2.05) is 54.6 Å². The van der Waals surface area contributed by atoms with Gasteiger partial charge in [0.1, 0.15) is 23.9 Å². The number of rotatable bonds is 7. The van der Waals surface area contributed by atoms with Crippen molar-refractivity contribution in [2.75, 3.05) is 7.11 Å². The summed E-state index contributed by atoms with van der Waals surface area (Å²) in [6, 6.07) is 19.7. The summed E-state index contributed by atoms with van der Waals surface area (Å²) in [5, 5.41) is 0. The van der Waals surface area contributed by atoms with Gasteiger partial charge in [0.2, 0.25) is 6.29 Å². The second kappa shape index (κ2) is 9.62. The van der Waals surface area contributed by atoms with Gasteiger partial charge in [-0.05, 0) is 30.2 Å². The summed E-state index contributed by atoms with van der Waals surface area (Å²) in [5.41, 5.74) is 2.85. The number of esters is 1. The van der Waals surface area contributed by atoms with Gasteiger partial charge in [-0.15, -0.1) is 0 Å². The highest BCUT2D eigenvalue weighted by Gasteiger charge is 2.25. The van der Waals surface area contributed by atoms with Gasteiger partial charge in [-0.2, -0.15) is 0 Å². The zero-order valence-corrected chi connectivity index (χ0v) is 17.2. The van der Waals surface area contributed by atoms with Crippen molar-refractivity contribution >= 4 is 5.97 Å². The monoisotopic (exact) mass is 422 g/mol. The summed E-state index contributed by atoms with van der Waals surface area (Å²) >= 11 is 0. The van der Waals surface area contributed by atoms with Crippen LogP contribution in [0, 0.1) is 5.82 Å². The van der Waals surface area contributed by atoms with Crippen LogP contribution in [-0.4, -0.2) is 13.1 Å². The molecular weight excluding hydrogens is 399 g/mol. The number of halogens is 1. The van der Waals surface area contributed by atoms with Crippen molar-refractivity contribution in [2.24, 2.45) is 0 Å². The number of hydrogen-bond donors (Lipinski definition) is 0. The topological polar surface area (TPSA) is 54.0 Å². The van der Waals surface area contributed by atoms with Gasteiger partial charge in [0.15, 0.2) is 0 Å². The molecule has 1 aliphatic rings. The Hall–Kier alpha value is -3.38. The number of fused-ring (bicyclic) bond motifs is 1. The average molecular weight is 422 g/mol. The molecule has 5 nitrogen and oxygen atoms in total. The summed E-state index contributed by atoms with van der Waals surface area (Å²) < 4.78 is 36.5. The highest BCUT2D eigenvalue weighted by Crippen LogP contribution is 2.36. The molecule has 6 heteroatoms. The highest BCUT2D eigenvalue weighted by molar-refractivity contribution is 5.70. The molecule has 1 aliphatic heterocycles. The number of ether oxygens (including phenoxy) is 4. The van der Waals surface area contributed by atoms with Crippen molar-refractivity contribution in [2.45, 2.75) is 32.3 Å². The Morgan fingerprint density at radius 1 is 1.06 bits per heavy atom. The van der Waals surface area contributed by atoms with E-state index in [1.54, 1.807) is 7.11 Å². The molecule has 0 N–H and O–H groups in total. The Labute approximate surface area is 180 Å². The number of benzene rings is 3. The van der Waals surface area contributed by atoms with Crippen molar-refractivity contribution in [3.8, 4) is 11.5 Å². The summed E-state index contributed by atoms with van der Waals surface area (Å²) in [6.45, 7) is 0.133. The highest BCUT2D eigenvalue weighted by atomic mass is 19.1. The fraction of sp³-hybridized carbons (Fsp3) is 0.240. The molecule has 31 heavy (non-hydrogen) atoms. The van der Waals surface area contributed by atoms with Crippen molar-refractivity contribution in [1.29, 1.82) is 0 Å². The van der Waals surface area contributed by atoms with Gasteiger partial charge in [-0.25, -0.2) is 4.39 Å². The lowest BCUT2D eigenvalue weighted by atomic mass is 10.1. The number of methoxy groups -OCH3 is 1. The molecule has 0 aliphatic carbocycles. The van der Waals surface area contributed by atoms with E-state index >= 15 is 0 Å². The molecule has 0 aromatic heterocycles. The van der Waals surface area contributed by atoms with Crippen LogP contribution < -0.4 is 9.47 Å². The maximum Gasteiger partial charge on any atom is 0.306 e. The lowest BCUT2D eigenvalue weighted by Gasteiger charge is -2.28. The number of hydrogen-bond acceptors (Lipinski definition) is 5. The van der Waals surface area contributed by atoms with Crippen LogP contribution in [-0.2, 0) is 33.9 Å². The third-order valence-corrected chi connectivity index (χ3v) is 5.07. The second-order valence-electron chi connectivity index (χ2n) is 7.20. The van der Waals surface area contributed by atoms with Crippen molar-refractivity contribution < 1.29 is 28.1 Å². The molecule has 3 aromatic rings. The summed E-state index contributed by atoms with van der Waals surface area (Å²) in [6.07, 6.45) is 0.0816. The lowest BCUT2D eigenvalue weighted by molar-refractivity contribution is -0.145. The minimum atomic E-state index is -0.598. The van der Waals surface area contributed by atoms with E-state index in [0.29, 0.717) is 23.3 Å². The first-order valence-corrected chi connectivity index (χ1v) is 10.1. The summed E-state index contributed by atoms with van der Waals surface area (Å²) in [4.78, 5) is 12.3. The zero-order chi connectivity index (χ0) is 21.6. The van der Waals surface area contributed by atoms with E-state index in [1.165, 1.54) is 12.1 Å². The van der Waals surface area contributed by atoms with E-state index in [4.69, 9.17) is 18.9 Å². The molecule has 160 valence electrons. The first-order chi connectivity index (χ1) is 15.1. The van der Waals surface area contributed by atoms with Crippen LogP contribution in [0.15, 0.2) is 66.7 Å². The molecule has 0 unspecified atom stereocenters. The van der Waals surface area contributed by atoms with Gasteiger partial charge in [0.05, 0.1) is 13.7 Å². The number of carbonyl (C=O) groups is 1. The maximum absolute atomic E-state index is 14.1. The Balaban J connectivity index is 1.42. The SMILES string of the molecule is COc1ccccc1CCC(=O)OCc1cc(F)cc2c1O[C@@H](c1ccccc1)OC2. The van der Waals surface area contributed by atoms with Crippen LogP contribution in [0.3, 0.4) is 0 Å². The fourth-order valence-electron chi connectivity index (χ4n) is 3.54. The van der Waals surface area contributed by atoms with Crippen LogP contribution >= 0.6 is 0 Å². The van der Waals surface area contributed by atoms with E-state index in [-0.39, 0.29) is 25.6 Å². The molecule has 4 rings (SSSR count). The van der Waals surface area contributed by atoms with Crippen LogP contribution in [0.2, 0.25) is 0 Å². The van der Waals surface area contributed by atoms with Gasteiger partial charge < -0.3 is 18.9 Å². The van der Waals surface area contributed by atoms with E-state index in [0.717, 1.165) is 16.9 Å². The van der Waals surface area contributed by atoms with Crippen LogP contribution in [0.25, 0.3) is 0 Å². The third-order valence-electron chi connectivity index (χ3n) is 5.07. The molecule has 0 amide bonds. The summed E-state index contributed by atoms with van der Waals surface area (Å²) in [7, 11) is 1.59. The maximum atomic E-state index is 14.1. The smallest absolute Gasteiger partial charge is 0.306 e. The van der Waals surface area contributed by atoms with Crippen LogP contribution in [0.4, 0.5) is 4.39 Å². The summed E-state index contributed by atoms with van der Waals surface area (Å²) in [5.74, 6) is 0.425. The predicted molar refractivity (Wildman–Crippen MR) is 112 cm³/mol. The Morgan fingerprint density at radius 2 is 1.84 bits per heavy atom. The van der Waals surface area contributed by atoms with Gasteiger partial charge in [-0.3, -0.25) is 4.79 Å². The van der Waals surface area contributed by atoms with Gasteiger partial charge in [0.25, 0.3) is 0 Å². The molecule has 3 aromatic carbocycles. The number of carbonyl (C=O) groups excluding carboxylic acids is 1. The first kappa shape index (κ1) is 20.9. The standard InChI is InChI=1S/C25H23FO5/c1-28-22-10-6-5-7-17(22)11-12-23(27)29-15-19-13-21(26)14-20-16-30-25(31-24(19)20)18-8-3-2-4-9-18/h2-10,13-14,25H,11-12,15-16H2,1H3/t25-/m0/s1. The first-order valence-electron chi connectivity index (χ1n) is 10.1. The molecule has 0 fully saturated rings. The predicted octanol–water partition coefficient (Wildman–Crippen LogP) is 5.12. The Morgan fingerprint density at radius 3 is 2.65 bits per heavy atom. The molecule has 0 spiro atoms. The number of para-hydroxylation sites is 1. The Bertz CT molecular complexity index is 1050. The van der Waals surface area contributed by atoms with Gasteiger partial charge in [-0.1, -0.05) is 48.5 Å². The van der Waals surface area contributed by atoms with E-state index < -0.39 is 12.1 Å². The van der Waals surface area contributed by atoms with Gasteiger partial charge >= 0.3 is 5.97 Å². The molecule has 0 radical (unpaired) electrons. The average Bonchev–Trinajstić information content (AvgIpc) is 2.81. The lowest BCUT2D eigenvalue weighted by Crippen LogP contribution is -2.20. The molecule has 0 saturated heterocycles. The minimum absolute atomic E-state index is 0.0770. The molecule has 0 bridgehead atoms. The fourth-order valence-corrected chi connectivity index (χ4v) is 3.54. The number of aryl methyl sites for hydroxylation is 1. The van der Waals surface area contributed by atoms with Crippen LogP contribution in [0.5, 0.6) is 11.5 Å². The molecule has 0 saturated carbocycles. The molecule has 1 atom stereocenters. The van der Waals surface area contributed by atoms with Gasteiger partial charge in [0, 0.05) is 23.1 Å². The van der Waals surface area contributed by atoms with Crippen molar-refractivity contribution in [3.05, 3.63) is 94.8 Å². The largest absolute Gasteiger partial charge is 0.496 e. The quantitative estimate of drug-likeness (QED) is 0.495. The van der Waals surface area contributed by atoms with Crippen LogP contribution in [0.1, 0.15) is 35.0 Å². The molecular formula is C25H23FO5. The van der Waals surface area contributed by atoms with E-state index in [2.05, 4.69) is 0 Å². The van der Waals surface area contributed by atoms with Crippen molar-refractivity contribution in [3.63, 3.8) is 0 Å². The zero-order valence-electron chi connectivity index (χ0n) is 17.2. The Kier molecular flexibility index (Phi) is 6.48. The second-order valence-corrected chi connectivity index (χ2v) is 7.20. The van der Waals surface area contributed by atoms with Crippen molar-refractivity contribution in [1.82, 2.24) is 0 Å². The normalized spacial score (nSPS) is 15.0. The van der Waals surface area contributed by atoms with E-state index in [9.17, 15) is 9.18 Å². The molecule has 1 heterocycles.